The fourth-order valence-corrected chi connectivity index (χ4v) is 0.671. The molecule has 0 bridgehead atoms. The number of aromatic nitrogens is 1. The number of nitrogens with zero attached hydrogens (tertiary/aromatic N) is 2. The first-order chi connectivity index (χ1) is 4.43. The summed E-state index contributed by atoms with van der Waals surface area (Å²) in [6.45, 7) is 0.794. The van der Waals surface area contributed by atoms with Crippen LogP contribution in [-0.4, -0.2) is 12.0 Å². The largest absolute Gasteiger partial charge is 0.661 e. The van der Waals surface area contributed by atoms with E-state index in [0.29, 0.717) is 0 Å². The molecule has 48 valence electrons. The molecule has 0 saturated carbocycles. The molecular weight excluding hydrogens is 112 g/mol. The lowest BCUT2D eigenvalue weighted by Crippen LogP contribution is -1.80. The third kappa shape index (κ3) is 1.82. The quantitative estimate of drug-likeness (QED) is 0.583. The van der Waals surface area contributed by atoms with E-state index in [1.54, 1.807) is 19.4 Å². The first kappa shape index (κ1) is 6.23. The van der Waals surface area contributed by atoms with Gasteiger partial charge in [0.1, 0.15) is 0 Å². The number of hydrogen-bond acceptors (Lipinski definition) is 1. The number of pyridine rings is 1. The Bertz CT molecular complexity index is 160. The van der Waals surface area contributed by atoms with E-state index in [-0.39, 0.29) is 0 Å². The standard InChI is InChI=1S/C7H9N2/c1-8-6-7-2-4-9-5-3-7/h2-5H,6H2,1H3/q-1. The van der Waals surface area contributed by atoms with Gasteiger partial charge in [0.25, 0.3) is 0 Å². The second-order valence-corrected chi connectivity index (χ2v) is 1.83. The molecule has 0 unspecified atom stereocenters. The molecular formula is C7H9N2-. The lowest BCUT2D eigenvalue weighted by Gasteiger charge is -2.08. The molecule has 2 heteroatoms. The lowest BCUT2D eigenvalue weighted by atomic mass is 10.3. The predicted octanol–water partition coefficient (Wildman–Crippen LogP) is 1.59. The molecule has 0 N–H and O–H groups in total. The van der Waals surface area contributed by atoms with Crippen molar-refractivity contribution in [3.63, 3.8) is 0 Å². The van der Waals surface area contributed by atoms with Crippen LogP contribution < -0.4 is 0 Å². The molecule has 0 amide bonds. The topological polar surface area (TPSA) is 27.0 Å². The van der Waals surface area contributed by atoms with E-state index in [1.165, 1.54) is 5.56 Å². The Morgan fingerprint density at radius 2 is 2.11 bits per heavy atom. The summed E-state index contributed by atoms with van der Waals surface area (Å²) in [4.78, 5) is 3.89. The van der Waals surface area contributed by atoms with Crippen molar-refractivity contribution in [3.05, 3.63) is 35.4 Å². The van der Waals surface area contributed by atoms with E-state index >= 15 is 0 Å². The van der Waals surface area contributed by atoms with Crippen molar-refractivity contribution in [1.82, 2.24) is 4.98 Å². The van der Waals surface area contributed by atoms with Crippen LogP contribution in [0, 0.1) is 0 Å². The molecule has 0 fully saturated rings. The van der Waals surface area contributed by atoms with Gasteiger partial charge in [-0.3, -0.25) is 4.98 Å². The average molecular weight is 121 g/mol. The summed E-state index contributed by atoms with van der Waals surface area (Å²) in [5, 5.41) is 3.98. The summed E-state index contributed by atoms with van der Waals surface area (Å²) in [7, 11) is 1.81. The third-order valence-corrected chi connectivity index (χ3v) is 1.09. The SMILES string of the molecule is C[N-]Cc1ccncc1. The molecule has 0 aliphatic heterocycles. The van der Waals surface area contributed by atoms with Crippen LogP contribution in [0.3, 0.4) is 0 Å². The first-order valence-corrected chi connectivity index (χ1v) is 2.88. The van der Waals surface area contributed by atoms with Gasteiger partial charge in [0.15, 0.2) is 0 Å². The maximum atomic E-state index is 3.98. The molecule has 0 spiro atoms. The lowest BCUT2D eigenvalue weighted by molar-refractivity contribution is 1.16. The highest BCUT2D eigenvalue weighted by molar-refractivity contribution is 5.12. The molecule has 0 aromatic carbocycles. The molecule has 1 heterocycles. The zero-order valence-corrected chi connectivity index (χ0v) is 5.41. The minimum atomic E-state index is 0.794. The summed E-state index contributed by atoms with van der Waals surface area (Å²) in [6.07, 6.45) is 3.56. The van der Waals surface area contributed by atoms with Gasteiger partial charge >= 0.3 is 0 Å². The summed E-state index contributed by atoms with van der Waals surface area (Å²) >= 11 is 0. The van der Waals surface area contributed by atoms with Crippen molar-refractivity contribution in [3.8, 4) is 0 Å². The van der Waals surface area contributed by atoms with Crippen LogP contribution in [0.25, 0.3) is 5.32 Å². The van der Waals surface area contributed by atoms with Gasteiger partial charge in [-0.1, -0.05) is 5.56 Å². The van der Waals surface area contributed by atoms with Gasteiger partial charge in [-0.25, -0.2) is 0 Å². The van der Waals surface area contributed by atoms with Crippen molar-refractivity contribution >= 4 is 0 Å². The zero-order valence-electron chi connectivity index (χ0n) is 5.41. The fourth-order valence-electron chi connectivity index (χ4n) is 0.671. The summed E-state index contributed by atoms with van der Waals surface area (Å²) < 4.78 is 0. The van der Waals surface area contributed by atoms with Crippen LogP contribution in [0.5, 0.6) is 0 Å². The Morgan fingerprint density at radius 1 is 1.44 bits per heavy atom. The molecule has 1 rings (SSSR count). The van der Waals surface area contributed by atoms with E-state index in [4.69, 9.17) is 0 Å². The Kier molecular flexibility index (Phi) is 2.22. The minimum Gasteiger partial charge on any atom is -0.661 e. The van der Waals surface area contributed by atoms with Crippen molar-refractivity contribution in [2.24, 2.45) is 0 Å². The molecule has 0 aliphatic rings. The van der Waals surface area contributed by atoms with E-state index in [9.17, 15) is 0 Å². The highest BCUT2D eigenvalue weighted by Crippen LogP contribution is 1.99. The third-order valence-electron chi connectivity index (χ3n) is 1.09. The molecule has 0 radical (unpaired) electrons. The van der Waals surface area contributed by atoms with Gasteiger partial charge in [0.2, 0.25) is 0 Å². The van der Waals surface area contributed by atoms with Gasteiger partial charge in [-0.05, 0) is 12.1 Å². The Labute approximate surface area is 54.9 Å². The van der Waals surface area contributed by atoms with E-state index in [1.807, 2.05) is 12.1 Å². The Hall–Kier alpha value is -0.890. The minimum absolute atomic E-state index is 0.794. The van der Waals surface area contributed by atoms with E-state index in [0.717, 1.165) is 6.54 Å². The second kappa shape index (κ2) is 3.20. The molecule has 0 atom stereocenters. The van der Waals surface area contributed by atoms with Gasteiger partial charge in [0, 0.05) is 12.4 Å². The van der Waals surface area contributed by atoms with Gasteiger partial charge in [0.05, 0.1) is 0 Å². The average Bonchev–Trinajstić information content (AvgIpc) is 1.91. The van der Waals surface area contributed by atoms with E-state index < -0.39 is 0 Å². The van der Waals surface area contributed by atoms with Gasteiger partial charge in [-0.15, -0.1) is 6.54 Å². The molecule has 2 nitrogen and oxygen atoms in total. The molecule has 1 aromatic heterocycles. The maximum Gasteiger partial charge on any atom is 0.0269 e. The van der Waals surface area contributed by atoms with Gasteiger partial charge in [-0.2, -0.15) is 7.05 Å². The summed E-state index contributed by atoms with van der Waals surface area (Å²) in [5.74, 6) is 0. The van der Waals surface area contributed by atoms with Gasteiger partial charge < -0.3 is 5.32 Å². The zero-order chi connectivity index (χ0) is 6.53. The van der Waals surface area contributed by atoms with Crippen molar-refractivity contribution < 1.29 is 0 Å². The Balaban J connectivity index is 2.61. The van der Waals surface area contributed by atoms with Crippen molar-refractivity contribution in [2.75, 3.05) is 7.05 Å². The van der Waals surface area contributed by atoms with Crippen LogP contribution in [0.1, 0.15) is 5.56 Å². The highest BCUT2D eigenvalue weighted by atomic mass is 14.8. The van der Waals surface area contributed by atoms with Crippen LogP contribution in [-0.2, 0) is 6.54 Å². The normalized spacial score (nSPS) is 9.44. The molecule has 0 saturated heterocycles. The van der Waals surface area contributed by atoms with Crippen LogP contribution in [0.15, 0.2) is 24.5 Å². The Morgan fingerprint density at radius 3 is 2.67 bits per heavy atom. The van der Waals surface area contributed by atoms with Crippen molar-refractivity contribution in [1.29, 1.82) is 0 Å². The number of rotatable bonds is 2. The second-order valence-electron chi connectivity index (χ2n) is 1.83. The van der Waals surface area contributed by atoms with E-state index in [2.05, 4.69) is 10.3 Å². The fraction of sp³-hybridized carbons (Fsp3) is 0.286. The first-order valence-electron chi connectivity index (χ1n) is 2.88. The molecule has 0 aliphatic carbocycles. The number of hydrogen-bond donors (Lipinski definition) is 0. The summed E-state index contributed by atoms with van der Waals surface area (Å²) in [5.41, 5.74) is 1.22. The maximum absolute atomic E-state index is 3.98. The molecule has 1 aromatic rings. The van der Waals surface area contributed by atoms with Crippen LogP contribution in [0.2, 0.25) is 0 Å². The van der Waals surface area contributed by atoms with Crippen LogP contribution in [0.4, 0.5) is 0 Å². The monoisotopic (exact) mass is 121 g/mol. The summed E-state index contributed by atoms with van der Waals surface area (Å²) in [6, 6.07) is 3.93. The smallest absolute Gasteiger partial charge is 0.0269 e. The molecule has 9 heavy (non-hydrogen) atoms. The van der Waals surface area contributed by atoms with Crippen molar-refractivity contribution in [2.45, 2.75) is 6.54 Å². The predicted molar refractivity (Wildman–Crippen MR) is 37.2 cm³/mol. The van der Waals surface area contributed by atoms with Crippen LogP contribution >= 0.6 is 0 Å². The highest BCUT2D eigenvalue weighted by Gasteiger charge is 1.78.